The van der Waals surface area contributed by atoms with Crippen LogP contribution in [0.15, 0.2) is 61.2 Å². The van der Waals surface area contributed by atoms with Crippen LogP contribution in [0.3, 0.4) is 0 Å². The van der Waals surface area contributed by atoms with E-state index < -0.39 is 5.79 Å². The van der Waals surface area contributed by atoms with E-state index in [4.69, 9.17) is 42.1 Å². The van der Waals surface area contributed by atoms with E-state index in [0.29, 0.717) is 42.0 Å². The van der Waals surface area contributed by atoms with E-state index in [1.165, 1.54) is 6.92 Å². The molecular formula is C28H32Cl2N4O5. The zero-order valence-corrected chi connectivity index (χ0v) is 23.3. The second-order valence-corrected chi connectivity index (χ2v) is 10.5. The third kappa shape index (κ3) is 7.04. The van der Waals surface area contributed by atoms with Gasteiger partial charge in [0.25, 0.3) is 0 Å². The van der Waals surface area contributed by atoms with Gasteiger partial charge in [-0.2, -0.15) is 0 Å². The zero-order chi connectivity index (χ0) is 27.2. The maximum atomic E-state index is 11.0. The van der Waals surface area contributed by atoms with Crippen LogP contribution in [0.1, 0.15) is 12.5 Å². The van der Waals surface area contributed by atoms with Crippen molar-refractivity contribution >= 4 is 34.9 Å². The number of halogens is 2. The van der Waals surface area contributed by atoms with Gasteiger partial charge in [0.2, 0.25) is 5.79 Å². The molecule has 3 heterocycles. The smallest absolute Gasteiger partial charge is 0.302 e. The highest BCUT2D eigenvalue weighted by atomic mass is 35.5. The van der Waals surface area contributed by atoms with E-state index >= 15 is 0 Å². The third-order valence-corrected chi connectivity index (χ3v) is 7.42. The molecule has 2 unspecified atom stereocenters. The highest BCUT2D eigenvalue weighted by Gasteiger charge is 2.45. The van der Waals surface area contributed by atoms with Gasteiger partial charge in [-0.1, -0.05) is 29.3 Å². The van der Waals surface area contributed by atoms with Crippen molar-refractivity contribution in [3.63, 3.8) is 0 Å². The van der Waals surface area contributed by atoms with E-state index in [-0.39, 0.29) is 12.1 Å². The van der Waals surface area contributed by atoms with Crippen LogP contribution in [0.25, 0.3) is 0 Å². The molecule has 2 fully saturated rings. The second-order valence-electron chi connectivity index (χ2n) is 9.64. The molecule has 0 bridgehead atoms. The second kappa shape index (κ2) is 12.6. The number of aromatic nitrogens is 2. The van der Waals surface area contributed by atoms with Crippen molar-refractivity contribution in [1.29, 1.82) is 0 Å². The molecule has 0 amide bonds. The molecule has 9 nitrogen and oxygen atoms in total. The average Bonchev–Trinajstić information content (AvgIpc) is 3.59. The van der Waals surface area contributed by atoms with Gasteiger partial charge in [-0.25, -0.2) is 4.98 Å². The molecule has 11 heteroatoms. The Labute approximate surface area is 238 Å². The van der Waals surface area contributed by atoms with E-state index in [9.17, 15) is 4.79 Å². The number of nitrogens with zero attached hydrogens (tertiary/aromatic N) is 4. The number of imidazole rings is 1. The summed E-state index contributed by atoms with van der Waals surface area (Å²) in [6, 6.07) is 13.4. The summed E-state index contributed by atoms with van der Waals surface area (Å²) in [5.41, 5.74) is 1.86. The van der Waals surface area contributed by atoms with Gasteiger partial charge in [0.1, 0.15) is 25.1 Å². The standard InChI is InChI=1S/C28H32Cl2N4O5/c1-21(35)36-15-14-32-10-12-34(13-11-32)23-3-5-24(6-4-23)37-17-25-18-38-28(39-25,19-33-9-8-31-20-33)26-7-2-22(29)16-27(26)30/h2-9,16,20,25H,10-15,17-19H2,1H3. The molecule has 0 spiro atoms. The molecule has 208 valence electrons. The Kier molecular flexibility index (Phi) is 8.94. The number of hydrogen-bond donors (Lipinski definition) is 0. The summed E-state index contributed by atoms with van der Waals surface area (Å²) in [4.78, 5) is 19.7. The fourth-order valence-corrected chi connectivity index (χ4v) is 5.42. The van der Waals surface area contributed by atoms with Crippen LogP contribution in [0.5, 0.6) is 5.75 Å². The van der Waals surface area contributed by atoms with E-state index in [1.54, 1.807) is 24.7 Å². The highest BCUT2D eigenvalue weighted by Crippen LogP contribution is 2.40. The van der Waals surface area contributed by atoms with Crippen molar-refractivity contribution in [3.05, 3.63) is 76.8 Å². The van der Waals surface area contributed by atoms with Crippen molar-refractivity contribution in [2.24, 2.45) is 0 Å². The van der Waals surface area contributed by atoms with Gasteiger partial charge in [-0.05, 0) is 36.4 Å². The number of benzene rings is 2. The summed E-state index contributed by atoms with van der Waals surface area (Å²) in [5, 5.41) is 1.02. The fourth-order valence-electron chi connectivity index (χ4n) is 4.87. The monoisotopic (exact) mass is 574 g/mol. The lowest BCUT2D eigenvalue weighted by Gasteiger charge is -2.36. The topological polar surface area (TPSA) is 78.3 Å². The Morgan fingerprint density at radius 2 is 1.92 bits per heavy atom. The van der Waals surface area contributed by atoms with Crippen LogP contribution in [0.4, 0.5) is 5.69 Å². The Hall–Kier alpha value is -2.82. The van der Waals surface area contributed by atoms with Crippen molar-refractivity contribution < 1.29 is 23.7 Å². The number of anilines is 1. The maximum absolute atomic E-state index is 11.0. The number of piperazine rings is 1. The molecule has 2 aliphatic rings. The summed E-state index contributed by atoms with van der Waals surface area (Å²) < 4.78 is 25.7. The van der Waals surface area contributed by atoms with Gasteiger partial charge in [-0.15, -0.1) is 0 Å². The van der Waals surface area contributed by atoms with Gasteiger partial charge < -0.3 is 28.4 Å². The number of rotatable bonds is 10. The molecule has 39 heavy (non-hydrogen) atoms. The first-order chi connectivity index (χ1) is 18.9. The molecule has 2 aromatic carbocycles. The SMILES string of the molecule is CC(=O)OCCN1CCN(c2ccc(OCC3COC(Cn4ccnc4)(c4ccc(Cl)cc4Cl)O3)cc2)CC1. The molecule has 0 radical (unpaired) electrons. The first-order valence-corrected chi connectivity index (χ1v) is 13.7. The van der Waals surface area contributed by atoms with Crippen molar-refractivity contribution in [3.8, 4) is 5.75 Å². The van der Waals surface area contributed by atoms with Crippen molar-refractivity contribution in [2.75, 3.05) is 57.4 Å². The van der Waals surface area contributed by atoms with Gasteiger partial charge in [-0.3, -0.25) is 9.69 Å². The first-order valence-electron chi connectivity index (χ1n) is 13.0. The van der Waals surface area contributed by atoms with Gasteiger partial charge in [0.15, 0.2) is 0 Å². The fraction of sp³-hybridized carbons (Fsp3) is 0.429. The predicted molar refractivity (Wildman–Crippen MR) is 148 cm³/mol. The van der Waals surface area contributed by atoms with Gasteiger partial charge in [0.05, 0.1) is 24.5 Å². The Balaban J connectivity index is 1.15. The molecule has 1 aromatic heterocycles. The normalized spacial score (nSPS) is 21.7. The minimum Gasteiger partial charge on any atom is -0.491 e. The number of esters is 1. The van der Waals surface area contributed by atoms with Crippen LogP contribution in [0, 0.1) is 0 Å². The van der Waals surface area contributed by atoms with Crippen LogP contribution < -0.4 is 9.64 Å². The van der Waals surface area contributed by atoms with Crippen LogP contribution in [0.2, 0.25) is 10.0 Å². The molecular weight excluding hydrogens is 543 g/mol. The number of carbonyl (C=O) groups excluding carboxylic acids is 1. The van der Waals surface area contributed by atoms with Gasteiger partial charge >= 0.3 is 5.97 Å². The maximum Gasteiger partial charge on any atom is 0.302 e. The lowest BCUT2D eigenvalue weighted by atomic mass is 10.1. The van der Waals surface area contributed by atoms with E-state index in [1.807, 2.05) is 29.0 Å². The molecule has 2 atom stereocenters. The molecule has 3 aromatic rings. The quantitative estimate of drug-likeness (QED) is 0.333. The Morgan fingerprint density at radius 3 is 2.62 bits per heavy atom. The lowest BCUT2D eigenvalue weighted by molar-refractivity contribution is -0.189. The molecule has 0 N–H and O–H groups in total. The Bertz CT molecular complexity index is 1240. The highest BCUT2D eigenvalue weighted by molar-refractivity contribution is 6.35. The molecule has 5 rings (SSSR count). The zero-order valence-electron chi connectivity index (χ0n) is 21.8. The first kappa shape index (κ1) is 27.7. The Morgan fingerprint density at radius 1 is 1.13 bits per heavy atom. The van der Waals surface area contributed by atoms with Crippen LogP contribution in [-0.2, 0) is 31.3 Å². The minimum absolute atomic E-state index is 0.234. The van der Waals surface area contributed by atoms with Crippen molar-refractivity contribution in [1.82, 2.24) is 14.5 Å². The van der Waals surface area contributed by atoms with Crippen LogP contribution >= 0.6 is 23.2 Å². The molecule has 2 aliphatic heterocycles. The summed E-state index contributed by atoms with van der Waals surface area (Å²) in [5.74, 6) is -0.553. The molecule has 2 saturated heterocycles. The number of hydrogen-bond acceptors (Lipinski definition) is 8. The number of ether oxygens (including phenoxy) is 4. The summed E-state index contributed by atoms with van der Waals surface area (Å²) in [7, 11) is 0. The van der Waals surface area contributed by atoms with Crippen molar-refractivity contribution in [2.45, 2.75) is 25.4 Å². The summed E-state index contributed by atoms with van der Waals surface area (Å²) in [6.45, 7) is 7.40. The van der Waals surface area contributed by atoms with Gasteiger partial charge in [0, 0.05) is 68.3 Å². The lowest BCUT2D eigenvalue weighted by Crippen LogP contribution is -2.47. The largest absolute Gasteiger partial charge is 0.491 e. The average molecular weight is 575 g/mol. The molecule has 0 saturated carbocycles. The summed E-state index contributed by atoms with van der Waals surface area (Å²) >= 11 is 12.7. The molecule has 0 aliphatic carbocycles. The third-order valence-electron chi connectivity index (χ3n) is 6.87. The number of carbonyl (C=O) groups is 1. The minimum atomic E-state index is -1.08. The van der Waals surface area contributed by atoms with E-state index in [2.05, 4.69) is 26.9 Å². The predicted octanol–water partition coefficient (Wildman–Crippen LogP) is 4.22. The van der Waals surface area contributed by atoms with Crippen LogP contribution in [-0.4, -0.2) is 79.1 Å². The van der Waals surface area contributed by atoms with E-state index in [0.717, 1.165) is 44.2 Å². The summed E-state index contributed by atoms with van der Waals surface area (Å²) in [6.07, 6.45) is 4.99.